The van der Waals surface area contributed by atoms with E-state index in [1.807, 2.05) is 24.3 Å². The van der Waals surface area contributed by atoms with Crippen LogP contribution < -0.4 is 15.4 Å². The maximum atomic E-state index is 12.3. The summed E-state index contributed by atoms with van der Waals surface area (Å²) in [6.45, 7) is 5.25. The predicted octanol–water partition coefficient (Wildman–Crippen LogP) is 7.24. The van der Waals surface area contributed by atoms with Crippen molar-refractivity contribution in [2.75, 3.05) is 17.2 Å². The number of nitrogens with two attached hydrogens (primary N) is 1. The average molecular weight is 581 g/mol. The molecule has 7 nitrogen and oxygen atoms in total. The van der Waals surface area contributed by atoms with Gasteiger partial charge in [0.15, 0.2) is 5.17 Å². The lowest BCUT2D eigenvalue weighted by atomic mass is 10.0. The van der Waals surface area contributed by atoms with Crippen molar-refractivity contribution in [2.24, 2.45) is 25.9 Å². The molecule has 0 amide bonds. The molecule has 0 aliphatic carbocycles. The molecule has 41 heavy (non-hydrogen) atoms. The Morgan fingerprint density at radius 1 is 1.07 bits per heavy atom. The second kappa shape index (κ2) is 14.0. The summed E-state index contributed by atoms with van der Waals surface area (Å²) in [5, 5.41) is 9.85. The molecular formula is C30H31F3N6OS. The lowest BCUT2D eigenvalue weighted by molar-refractivity contribution is -0.274. The third-order valence-corrected chi connectivity index (χ3v) is 7.18. The van der Waals surface area contributed by atoms with Gasteiger partial charge in [-0.25, -0.2) is 9.98 Å². The highest BCUT2D eigenvalue weighted by Gasteiger charge is 2.31. The Kier molecular flexibility index (Phi) is 10.2. The van der Waals surface area contributed by atoms with Crippen molar-refractivity contribution in [3.63, 3.8) is 0 Å². The van der Waals surface area contributed by atoms with Gasteiger partial charge >= 0.3 is 6.36 Å². The summed E-state index contributed by atoms with van der Waals surface area (Å²) < 4.78 is 40.7. The summed E-state index contributed by atoms with van der Waals surface area (Å²) in [6.07, 6.45) is 1.40. The number of benzene rings is 3. The minimum atomic E-state index is -4.74. The van der Waals surface area contributed by atoms with E-state index >= 15 is 0 Å². The van der Waals surface area contributed by atoms with Crippen molar-refractivity contribution < 1.29 is 17.9 Å². The van der Waals surface area contributed by atoms with Gasteiger partial charge in [0, 0.05) is 23.5 Å². The fourth-order valence-corrected chi connectivity index (χ4v) is 5.18. The van der Waals surface area contributed by atoms with E-state index in [0.29, 0.717) is 11.3 Å². The van der Waals surface area contributed by atoms with Crippen molar-refractivity contribution in [1.82, 2.24) is 0 Å². The second-order valence-corrected chi connectivity index (χ2v) is 10.3. The minimum absolute atomic E-state index is 0.241. The summed E-state index contributed by atoms with van der Waals surface area (Å²) in [4.78, 5) is 10.5. The number of thioether (sulfide) groups is 1. The zero-order valence-corrected chi connectivity index (χ0v) is 23.6. The number of hydrogen-bond acceptors (Lipinski definition) is 5. The molecule has 1 aliphatic heterocycles. The Morgan fingerprint density at radius 2 is 1.83 bits per heavy atom. The van der Waals surface area contributed by atoms with Gasteiger partial charge in [0.25, 0.3) is 0 Å². The highest BCUT2D eigenvalue weighted by atomic mass is 32.2. The number of anilines is 1. The molecule has 0 bridgehead atoms. The standard InChI is InChI=1S/C30H31F3N6OS/c1-3-6-23-8-4-7-21(2)27(23)39-17-5-18-41-29(39)38-37-19-22-9-11-24(12-10-22)28(34)36-20-35-25-13-15-26(16-14-25)40-30(31,32)33/h4,7-16,19-20H,3,5-6,17-18H2,1-2H3,(H2,34,35,36)/b37-19+,38-29-. The molecule has 0 unspecified atom stereocenters. The predicted molar refractivity (Wildman–Crippen MR) is 163 cm³/mol. The number of halogens is 3. The Morgan fingerprint density at radius 3 is 2.54 bits per heavy atom. The number of aryl methyl sites for hydroxylation is 2. The van der Waals surface area contributed by atoms with Crippen LogP contribution in [0.15, 0.2) is 86.9 Å². The highest BCUT2D eigenvalue weighted by molar-refractivity contribution is 8.14. The average Bonchev–Trinajstić information content (AvgIpc) is 2.94. The van der Waals surface area contributed by atoms with E-state index in [1.165, 1.54) is 47.4 Å². The minimum Gasteiger partial charge on any atom is -0.406 e. The van der Waals surface area contributed by atoms with Crippen LogP contribution >= 0.6 is 11.8 Å². The lowest BCUT2D eigenvalue weighted by Gasteiger charge is -2.32. The number of aliphatic imine (C=N–C) groups is 2. The zero-order chi connectivity index (χ0) is 29.2. The Hall–Kier alpha value is -4.12. The summed E-state index contributed by atoms with van der Waals surface area (Å²) >= 11 is 1.72. The Labute approximate surface area is 241 Å². The molecule has 11 heteroatoms. The third-order valence-electron chi connectivity index (χ3n) is 6.13. The number of hydrogen-bond donors (Lipinski definition) is 1. The lowest BCUT2D eigenvalue weighted by Crippen LogP contribution is -2.35. The smallest absolute Gasteiger partial charge is 0.406 e. The van der Waals surface area contributed by atoms with E-state index in [-0.39, 0.29) is 11.6 Å². The summed E-state index contributed by atoms with van der Waals surface area (Å²) in [5.41, 5.74) is 11.8. The fraction of sp³-hybridized carbons (Fsp3) is 0.267. The first kappa shape index (κ1) is 29.9. The van der Waals surface area contributed by atoms with E-state index in [9.17, 15) is 13.2 Å². The monoisotopic (exact) mass is 580 g/mol. The van der Waals surface area contributed by atoms with E-state index in [2.05, 4.69) is 61.9 Å². The Balaban J connectivity index is 1.40. The number of alkyl halides is 3. The van der Waals surface area contributed by atoms with Crippen molar-refractivity contribution in [3.05, 3.63) is 89.0 Å². The largest absolute Gasteiger partial charge is 0.573 e. The van der Waals surface area contributed by atoms with E-state index in [1.54, 1.807) is 18.0 Å². The van der Waals surface area contributed by atoms with E-state index < -0.39 is 6.36 Å². The van der Waals surface area contributed by atoms with Crippen LogP contribution in [-0.4, -0.2) is 42.2 Å². The van der Waals surface area contributed by atoms with Crippen LogP contribution in [0.5, 0.6) is 5.75 Å². The van der Waals surface area contributed by atoms with Crippen molar-refractivity contribution in [2.45, 2.75) is 39.5 Å². The quantitative estimate of drug-likeness (QED) is 0.164. The van der Waals surface area contributed by atoms with Crippen LogP contribution in [0.1, 0.15) is 42.0 Å². The highest BCUT2D eigenvalue weighted by Crippen LogP contribution is 2.32. The summed E-state index contributed by atoms with van der Waals surface area (Å²) in [7, 11) is 0. The van der Waals surface area contributed by atoms with Crippen molar-refractivity contribution in [3.8, 4) is 5.75 Å². The van der Waals surface area contributed by atoms with Gasteiger partial charge < -0.3 is 15.4 Å². The maximum absolute atomic E-state index is 12.3. The molecule has 3 aromatic carbocycles. The topological polar surface area (TPSA) is 87.9 Å². The molecule has 1 saturated heterocycles. The first-order chi connectivity index (χ1) is 19.7. The molecule has 0 atom stereocenters. The second-order valence-electron chi connectivity index (χ2n) is 9.24. The van der Waals surface area contributed by atoms with E-state index in [4.69, 9.17) is 5.73 Å². The van der Waals surface area contributed by atoms with Crippen LogP contribution in [0.4, 0.5) is 24.5 Å². The number of amidine groups is 2. The number of para-hydroxylation sites is 1. The van der Waals surface area contributed by atoms with Gasteiger partial charge in [-0.05, 0) is 60.7 Å². The molecule has 0 saturated carbocycles. The maximum Gasteiger partial charge on any atom is 0.573 e. The molecule has 4 rings (SSSR count). The van der Waals surface area contributed by atoms with Crippen molar-refractivity contribution >= 4 is 46.7 Å². The molecule has 1 aliphatic rings. The summed E-state index contributed by atoms with van der Waals surface area (Å²) in [5.74, 6) is 0.926. The molecule has 3 aromatic rings. The van der Waals surface area contributed by atoms with Crippen LogP contribution in [0.2, 0.25) is 0 Å². The summed E-state index contributed by atoms with van der Waals surface area (Å²) in [6, 6.07) is 18.9. The number of nitrogens with zero attached hydrogens (tertiary/aromatic N) is 5. The first-order valence-electron chi connectivity index (χ1n) is 13.2. The fourth-order valence-electron chi connectivity index (χ4n) is 4.28. The molecule has 1 heterocycles. The SMILES string of the molecule is CCCc1cccc(C)c1N1CCCS/C1=N\N=C\c1ccc(C(N)=NC=Nc2ccc(OC(F)(F)F)cc2)cc1. The van der Waals surface area contributed by atoms with Crippen molar-refractivity contribution in [1.29, 1.82) is 0 Å². The van der Waals surface area contributed by atoms with Crippen LogP contribution in [0, 0.1) is 6.92 Å². The third kappa shape index (κ3) is 8.68. The first-order valence-corrected chi connectivity index (χ1v) is 14.1. The molecule has 0 aromatic heterocycles. The van der Waals surface area contributed by atoms with Gasteiger partial charge in [0.1, 0.15) is 17.9 Å². The van der Waals surface area contributed by atoms with Crippen LogP contribution in [0.3, 0.4) is 0 Å². The molecule has 0 radical (unpaired) electrons. The van der Waals surface area contributed by atoms with Gasteiger partial charge in [-0.3, -0.25) is 0 Å². The van der Waals surface area contributed by atoms with Crippen LogP contribution in [-0.2, 0) is 6.42 Å². The molecular weight excluding hydrogens is 549 g/mol. The molecule has 2 N–H and O–H groups in total. The van der Waals surface area contributed by atoms with Gasteiger partial charge in [-0.1, -0.05) is 67.6 Å². The van der Waals surface area contributed by atoms with Gasteiger partial charge in [-0.2, -0.15) is 5.10 Å². The van der Waals surface area contributed by atoms with E-state index in [0.717, 1.165) is 42.3 Å². The van der Waals surface area contributed by atoms with Gasteiger partial charge in [0.05, 0.1) is 11.9 Å². The number of ether oxygens (including phenoxy) is 1. The molecule has 214 valence electrons. The molecule has 1 fully saturated rings. The Bertz CT molecular complexity index is 1430. The zero-order valence-electron chi connectivity index (χ0n) is 22.8. The normalized spacial score (nSPS) is 15.8. The van der Waals surface area contributed by atoms with Gasteiger partial charge in [0.2, 0.25) is 0 Å². The number of rotatable bonds is 9. The molecule has 0 spiro atoms. The van der Waals surface area contributed by atoms with Crippen LogP contribution in [0.25, 0.3) is 0 Å². The van der Waals surface area contributed by atoms with Gasteiger partial charge in [-0.15, -0.1) is 18.3 Å².